The molecule has 0 heterocycles. The molecule has 0 saturated carbocycles. The molecule has 0 spiro atoms. The van der Waals surface area contributed by atoms with Crippen LogP contribution in [-0.4, -0.2) is 6.10 Å². The van der Waals surface area contributed by atoms with Gasteiger partial charge in [-0.2, -0.15) is 5.26 Å². The van der Waals surface area contributed by atoms with Crippen LogP contribution in [0.2, 0.25) is 0 Å². The monoisotopic (exact) mass is 217 g/mol. The largest absolute Gasteiger partial charge is 0.476 e. The first-order valence-electron chi connectivity index (χ1n) is 5.66. The van der Waals surface area contributed by atoms with E-state index in [1.807, 2.05) is 18.2 Å². The zero-order chi connectivity index (χ0) is 12.2. The molecular formula is C14H19NO. The van der Waals surface area contributed by atoms with E-state index in [1.54, 1.807) is 6.92 Å². The van der Waals surface area contributed by atoms with Gasteiger partial charge < -0.3 is 4.74 Å². The van der Waals surface area contributed by atoms with Gasteiger partial charge in [0.2, 0.25) is 0 Å². The molecule has 1 atom stereocenters. The molecule has 0 bridgehead atoms. The average Bonchev–Trinajstić information content (AvgIpc) is 2.29. The van der Waals surface area contributed by atoms with Gasteiger partial charge in [0.25, 0.3) is 0 Å². The number of ether oxygens (including phenoxy) is 1. The first kappa shape index (κ1) is 12.6. The van der Waals surface area contributed by atoms with E-state index in [1.165, 1.54) is 5.56 Å². The second-order valence-corrected chi connectivity index (χ2v) is 4.65. The molecule has 0 aliphatic carbocycles. The first-order chi connectivity index (χ1) is 7.49. The highest BCUT2D eigenvalue weighted by Crippen LogP contribution is 2.28. The van der Waals surface area contributed by atoms with E-state index in [0.29, 0.717) is 0 Å². The molecule has 0 radical (unpaired) electrons. The summed E-state index contributed by atoms with van der Waals surface area (Å²) in [4.78, 5) is 0. The summed E-state index contributed by atoms with van der Waals surface area (Å²) in [7, 11) is 0. The Morgan fingerprint density at radius 2 is 1.88 bits per heavy atom. The van der Waals surface area contributed by atoms with Crippen molar-refractivity contribution in [2.24, 2.45) is 0 Å². The summed E-state index contributed by atoms with van der Waals surface area (Å²) >= 11 is 0. The van der Waals surface area contributed by atoms with Crippen molar-refractivity contribution >= 4 is 0 Å². The lowest BCUT2D eigenvalue weighted by atomic mass is 9.82. The molecule has 0 N–H and O–H groups in total. The Labute approximate surface area is 97.9 Å². The topological polar surface area (TPSA) is 33.0 Å². The van der Waals surface area contributed by atoms with Crippen LogP contribution in [-0.2, 0) is 5.41 Å². The Morgan fingerprint density at radius 1 is 1.31 bits per heavy atom. The fourth-order valence-electron chi connectivity index (χ4n) is 1.42. The molecule has 2 nitrogen and oxygen atoms in total. The van der Waals surface area contributed by atoms with Crippen LogP contribution in [0.5, 0.6) is 5.75 Å². The maximum absolute atomic E-state index is 8.64. The fraction of sp³-hybridized carbons (Fsp3) is 0.500. The minimum atomic E-state index is -0.398. The van der Waals surface area contributed by atoms with Gasteiger partial charge in [-0.15, -0.1) is 0 Å². The van der Waals surface area contributed by atoms with Crippen molar-refractivity contribution in [3.8, 4) is 11.8 Å². The third kappa shape index (κ3) is 3.00. The smallest absolute Gasteiger partial charge is 0.181 e. The Kier molecular flexibility index (Phi) is 3.95. The standard InChI is InChI=1S/C14H19NO/c1-5-14(3,4)12-6-8-13(9-7-12)16-11(2)10-15/h6-9,11H,5H2,1-4H3. The van der Waals surface area contributed by atoms with Gasteiger partial charge in [-0.05, 0) is 36.5 Å². The maximum atomic E-state index is 8.64. The Bertz CT molecular complexity index is 373. The van der Waals surface area contributed by atoms with E-state index in [4.69, 9.17) is 10.00 Å². The van der Waals surface area contributed by atoms with Gasteiger partial charge >= 0.3 is 0 Å². The Balaban J connectivity index is 2.80. The van der Waals surface area contributed by atoms with Gasteiger partial charge in [0.05, 0.1) is 0 Å². The van der Waals surface area contributed by atoms with Crippen molar-refractivity contribution < 1.29 is 4.74 Å². The lowest BCUT2D eigenvalue weighted by Gasteiger charge is -2.23. The number of nitrogens with zero attached hydrogens (tertiary/aromatic N) is 1. The Morgan fingerprint density at radius 3 is 2.31 bits per heavy atom. The lowest BCUT2D eigenvalue weighted by Crippen LogP contribution is -2.15. The summed E-state index contributed by atoms with van der Waals surface area (Å²) in [6.07, 6.45) is 0.701. The molecule has 0 aliphatic heterocycles. The van der Waals surface area contributed by atoms with Gasteiger partial charge in [-0.1, -0.05) is 32.9 Å². The molecule has 0 aromatic heterocycles. The number of hydrogen-bond acceptors (Lipinski definition) is 2. The van der Waals surface area contributed by atoms with E-state index < -0.39 is 6.10 Å². The first-order valence-corrected chi connectivity index (χ1v) is 5.66. The van der Waals surface area contributed by atoms with Crippen molar-refractivity contribution in [1.29, 1.82) is 5.26 Å². The van der Waals surface area contributed by atoms with Crippen molar-refractivity contribution in [3.63, 3.8) is 0 Å². The Hall–Kier alpha value is -1.49. The molecule has 16 heavy (non-hydrogen) atoms. The van der Waals surface area contributed by atoms with E-state index in [-0.39, 0.29) is 5.41 Å². The minimum Gasteiger partial charge on any atom is -0.476 e. The van der Waals surface area contributed by atoms with E-state index in [2.05, 4.69) is 32.9 Å². The van der Waals surface area contributed by atoms with Gasteiger partial charge in [-0.3, -0.25) is 0 Å². The van der Waals surface area contributed by atoms with Crippen molar-refractivity contribution in [2.75, 3.05) is 0 Å². The number of hydrogen-bond donors (Lipinski definition) is 0. The van der Waals surface area contributed by atoms with Crippen LogP contribution in [0.4, 0.5) is 0 Å². The molecule has 1 aromatic carbocycles. The van der Waals surface area contributed by atoms with Gasteiger partial charge in [0, 0.05) is 0 Å². The summed E-state index contributed by atoms with van der Waals surface area (Å²) < 4.78 is 5.40. The zero-order valence-electron chi connectivity index (χ0n) is 10.4. The molecule has 1 aromatic rings. The van der Waals surface area contributed by atoms with Crippen LogP contribution in [0, 0.1) is 11.3 Å². The summed E-state index contributed by atoms with van der Waals surface area (Å²) in [5, 5.41) is 8.64. The molecule has 2 heteroatoms. The number of rotatable bonds is 4. The summed E-state index contributed by atoms with van der Waals surface area (Å²) in [5.41, 5.74) is 1.49. The molecule has 1 rings (SSSR count). The second-order valence-electron chi connectivity index (χ2n) is 4.65. The van der Waals surface area contributed by atoms with Crippen molar-refractivity contribution in [3.05, 3.63) is 29.8 Å². The molecule has 86 valence electrons. The van der Waals surface area contributed by atoms with Gasteiger partial charge in [0.1, 0.15) is 11.8 Å². The molecule has 0 amide bonds. The highest BCUT2D eigenvalue weighted by Gasteiger charge is 2.17. The number of nitriles is 1. The van der Waals surface area contributed by atoms with Gasteiger partial charge in [-0.25, -0.2) is 0 Å². The van der Waals surface area contributed by atoms with Crippen LogP contribution in [0.3, 0.4) is 0 Å². The van der Waals surface area contributed by atoms with Crippen LogP contribution >= 0.6 is 0 Å². The van der Waals surface area contributed by atoms with Gasteiger partial charge in [0.15, 0.2) is 6.10 Å². The summed E-state index contributed by atoms with van der Waals surface area (Å²) in [6, 6.07) is 10.1. The average molecular weight is 217 g/mol. The SMILES string of the molecule is CCC(C)(C)c1ccc(OC(C)C#N)cc1. The maximum Gasteiger partial charge on any atom is 0.181 e. The highest BCUT2D eigenvalue weighted by molar-refractivity contribution is 5.31. The van der Waals surface area contributed by atoms with Crippen LogP contribution in [0.1, 0.15) is 39.7 Å². The normalized spacial score (nSPS) is 12.9. The van der Waals surface area contributed by atoms with E-state index in [9.17, 15) is 0 Å². The number of benzene rings is 1. The van der Waals surface area contributed by atoms with Crippen LogP contribution < -0.4 is 4.74 Å². The van der Waals surface area contributed by atoms with Crippen LogP contribution in [0.15, 0.2) is 24.3 Å². The summed E-state index contributed by atoms with van der Waals surface area (Å²) in [5.74, 6) is 0.754. The third-order valence-electron chi connectivity index (χ3n) is 3.01. The zero-order valence-corrected chi connectivity index (χ0v) is 10.4. The molecule has 1 unspecified atom stereocenters. The molecular weight excluding hydrogens is 198 g/mol. The van der Waals surface area contributed by atoms with Crippen molar-refractivity contribution in [2.45, 2.75) is 45.6 Å². The fourth-order valence-corrected chi connectivity index (χ4v) is 1.42. The predicted molar refractivity (Wildman–Crippen MR) is 65.5 cm³/mol. The predicted octanol–water partition coefficient (Wildman–Crippen LogP) is 3.67. The molecule has 0 saturated heterocycles. The van der Waals surface area contributed by atoms with E-state index in [0.717, 1.165) is 12.2 Å². The molecule has 0 aliphatic rings. The summed E-state index contributed by atoms with van der Waals surface area (Å²) in [6.45, 7) is 8.37. The van der Waals surface area contributed by atoms with E-state index >= 15 is 0 Å². The second kappa shape index (κ2) is 5.03. The highest BCUT2D eigenvalue weighted by atomic mass is 16.5. The third-order valence-corrected chi connectivity index (χ3v) is 3.01. The van der Waals surface area contributed by atoms with Crippen molar-refractivity contribution in [1.82, 2.24) is 0 Å². The van der Waals surface area contributed by atoms with Crippen LogP contribution in [0.25, 0.3) is 0 Å². The quantitative estimate of drug-likeness (QED) is 0.771. The lowest BCUT2D eigenvalue weighted by molar-refractivity contribution is 0.276. The molecule has 0 fully saturated rings. The minimum absolute atomic E-state index is 0.194.